The molecule has 2 aromatic carbocycles. The smallest absolute Gasteiger partial charge is 0.262 e. The fraction of sp³-hybridized carbons (Fsp3) is 0.133. The number of carbonyl (C=O) groups excluding carboxylic acids is 1. The highest BCUT2D eigenvalue weighted by Gasteiger charge is 2.05. The van der Waals surface area contributed by atoms with E-state index in [1.807, 2.05) is 0 Å². The number of hydrogen-bond acceptors (Lipinski definition) is 3. The standard InChI is InChI=1S/C15H14FNO3/c1-19-13-6-3-5-12(9-13)17-15(18)10-20-14-7-2-4-11(16)8-14/h2-9H,10H2,1H3,(H,17,18). The summed E-state index contributed by atoms with van der Waals surface area (Å²) in [4.78, 5) is 11.7. The van der Waals surface area contributed by atoms with E-state index in [1.165, 1.54) is 18.2 Å². The van der Waals surface area contributed by atoms with E-state index in [0.29, 0.717) is 17.2 Å². The largest absolute Gasteiger partial charge is 0.497 e. The first-order valence-corrected chi connectivity index (χ1v) is 5.99. The van der Waals surface area contributed by atoms with Gasteiger partial charge in [0.2, 0.25) is 0 Å². The lowest BCUT2D eigenvalue weighted by atomic mass is 10.3. The Bertz CT molecular complexity index is 601. The van der Waals surface area contributed by atoms with Gasteiger partial charge in [0.1, 0.15) is 17.3 Å². The fourth-order valence-electron chi connectivity index (χ4n) is 1.60. The predicted molar refractivity (Wildman–Crippen MR) is 73.5 cm³/mol. The van der Waals surface area contributed by atoms with Crippen molar-refractivity contribution in [2.75, 3.05) is 19.0 Å². The maximum absolute atomic E-state index is 12.9. The summed E-state index contributed by atoms with van der Waals surface area (Å²) in [6, 6.07) is 12.6. The molecular weight excluding hydrogens is 261 g/mol. The van der Waals surface area contributed by atoms with Crippen LogP contribution >= 0.6 is 0 Å². The first-order valence-electron chi connectivity index (χ1n) is 5.99. The molecule has 0 heterocycles. The minimum Gasteiger partial charge on any atom is -0.497 e. The Labute approximate surface area is 116 Å². The van der Waals surface area contributed by atoms with Crippen molar-refractivity contribution in [3.05, 3.63) is 54.3 Å². The average Bonchev–Trinajstić information content (AvgIpc) is 2.45. The number of ether oxygens (including phenoxy) is 2. The second-order valence-electron chi connectivity index (χ2n) is 4.03. The van der Waals surface area contributed by atoms with Crippen LogP contribution in [0.4, 0.5) is 10.1 Å². The van der Waals surface area contributed by atoms with Crippen LogP contribution in [0.2, 0.25) is 0 Å². The van der Waals surface area contributed by atoms with Crippen LogP contribution in [0.15, 0.2) is 48.5 Å². The third kappa shape index (κ3) is 3.98. The van der Waals surface area contributed by atoms with Gasteiger partial charge >= 0.3 is 0 Å². The molecule has 20 heavy (non-hydrogen) atoms. The van der Waals surface area contributed by atoms with Crippen LogP contribution in [0.3, 0.4) is 0 Å². The van der Waals surface area contributed by atoms with Gasteiger partial charge in [-0.1, -0.05) is 12.1 Å². The van der Waals surface area contributed by atoms with Crippen molar-refractivity contribution in [1.82, 2.24) is 0 Å². The summed E-state index contributed by atoms with van der Waals surface area (Å²) in [6.07, 6.45) is 0. The Kier molecular flexibility index (Phi) is 4.55. The van der Waals surface area contributed by atoms with Gasteiger partial charge in [-0.15, -0.1) is 0 Å². The molecule has 5 heteroatoms. The van der Waals surface area contributed by atoms with E-state index < -0.39 is 5.82 Å². The molecule has 0 aliphatic rings. The van der Waals surface area contributed by atoms with Crippen molar-refractivity contribution in [3.63, 3.8) is 0 Å². The number of amides is 1. The molecule has 0 spiro atoms. The topological polar surface area (TPSA) is 47.6 Å². The Balaban J connectivity index is 1.89. The van der Waals surface area contributed by atoms with Crippen molar-refractivity contribution in [2.24, 2.45) is 0 Å². The first kappa shape index (κ1) is 13.9. The van der Waals surface area contributed by atoms with Crippen LogP contribution in [0.5, 0.6) is 11.5 Å². The van der Waals surface area contributed by atoms with E-state index in [0.717, 1.165) is 0 Å². The summed E-state index contributed by atoms with van der Waals surface area (Å²) in [6.45, 7) is -0.194. The van der Waals surface area contributed by atoms with Crippen LogP contribution in [0, 0.1) is 5.82 Å². The quantitative estimate of drug-likeness (QED) is 0.912. The highest BCUT2D eigenvalue weighted by molar-refractivity contribution is 5.92. The number of rotatable bonds is 5. The summed E-state index contributed by atoms with van der Waals surface area (Å²) in [5.74, 6) is 0.220. The SMILES string of the molecule is COc1cccc(NC(=O)COc2cccc(F)c2)c1. The molecule has 0 aliphatic carbocycles. The summed E-state index contributed by atoms with van der Waals surface area (Å²) in [7, 11) is 1.55. The summed E-state index contributed by atoms with van der Waals surface area (Å²) in [5.41, 5.74) is 0.609. The molecule has 1 amide bonds. The predicted octanol–water partition coefficient (Wildman–Crippen LogP) is 2.85. The molecule has 0 radical (unpaired) electrons. The van der Waals surface area contributed by atoms with Gasteiger partial charge in [-0.25, -0.2) is 4.39 Å². The normalized spacial score (nSPS) is 9.90. The highest BCUT2D eigenvalue weighted by atomic mass is 19.1. The summed E-state index contributed by atoms with van der Waals surface area (Å²) < 4.78 is 23.2. The van der Waals surface area contributed by atoms with Crippen molar-refractivity contribution < 1.29 is 18.7 Å². The molecule has 104 valence electrons. The molecule has 0 atom stereocenters. The van der Waals surface area contributed by atoms with Crippen molar-refractivity contribution in [1.29, 1.82) is 0 Å². The number of halogens is 1. The Morgan fingerprint density at radius 3 is 2.65 bits per heavy atom. The number of benzene rings is 2. The number of methoxy groups -OCH3 is 1. The molecule has 2 rings (SSSR count). The molecule has 0 bridgehead atoms. The average molecular weight is 275 g/mol. The second kappa shape index (κ2) is 6.56. The van der Waals surface area contributed by atoms with Crippen molar-refractivity contribution in [3.8, 4) is 11.5 Å². The second-order valence-corrected chi connectivity index (χ2v) is 4.03. The van der Waals surface area contributed by atoms with Gasteiger partial charge in [-0.3, -0.25) is 4.79 Å². The van der Waals surface area contributed by atoms with Crippen LogP contribution in [-0.2, 0) is 4.79 Å². The van der Waals surface area contributed by atoms with Gasteiger partial charge in [0.05, 0.1) is 7.11 Å². The lowest BCUT2D eigenvalue weighted by Gasteiger charge is -2.08. The van der Waals surface area contributed by atoms with Gasteiger partial charge in [0.25, 0.3) is 5.91 Å². The molecule has 0 unspecified atom stereocenters. The number of nitrogens with one attached hydrogen (secondary N) is 1. The summed E-state index contributed by atoms with van der Waals surface area (Å²) in [5, 5.41) is 2.66. The minimum absolute atomic E-state index is 0.194. The third-order valence-electron chi connectivity index (χ3n) is 2.52. The third-order valence-corrected chi connectivity index (χ3v) is 2.52. The molecule has 2 aromatic rings. The molecule has 0 saturated carbocycles. The molecule has 0 fully saturated rings. The van der Waals surface area contributed by atoms with E-state index in [2.05, 4.69) is 5.32 Å². The van der Waals surface area contributed by atoms with E-state index in [-0.39, 0.29) is 12.5 Å². The zero-order valence-electron chi connectivity index (χ0n) is 10.9. The van der Waals surface area contributed by atoms with E-state index in [4.69, 9.17) is 9.47 Å². The zero-order valence-corrected chi connectivity index (χ0v) is 10.9. The molecular formula is C15H14FNO3. The minimum atomic E-state index is -0.407. The van der Waals surface area contributed by atoms with Gasteiger partial charge in [-0.05, 0) is 24.3 Å². The maximum atomic E-state index is 12.9. The van der Waals surface area contributed by atoms with Gasteiger partial charge in [0, 0.05) is 17.8 Å². The number of anilines is 1. The zero-order chi connectivity index (χ0) is 14.4. The monoisotopic (exact) mass is 275 g/mol. The summed E-state index contributed by atoms with van der Waals surface area (Å²) >= 11 is 0. The first-order chi connectivity index (χ1) is 9.67. The van der Waals surface area contributed by atoms with Gasteiger partial charge in [0.15, 0.2) is 6.61 Å². The number of hydrogen-bond donors (Lipinski definition) is 1. The van der Waals surface area contributed by atoms with Crippen molar-refractivity contribution in [2.45, 2.75) is 0 Å². The Morgan fingerprint density at radius 1 is 1.15 bits per heavy atom. The van der Waals surface area contributed by atoms with Crippen LogP contribution in [0.25, 0.3) is 0 Å². The lowest BCUT2D eigenvalue weighted by molar-refractivity contribution is -0.118. The fourth-order valence-corrected chi connectivity index (χ4v) is 1.60. The van der Waals surface area contributed by atoms with Crippen molar-refractivity contribution >= 4 is 11.6 Å². The Hall–Kier alpha value is -2.56. The van der Waals surface area contributed by atoms with Gasteiger partial charge in [-0.2, -0.15) is 0 Å². The molecule has 0 aromatic heterocycles. The van der Waals surface area contributed by atoms with E-state index in [9.17, 15) is 9.18 Å². The van der Waals surface area contributed by atoms with Crippen LogP contribution in [0.1, 0.15) is 0 Å². The molecule has 0 saturated heterocycles. The van der Waals surface area contributed by atoms with E-state index in [1.54, 1.807) is 37.4 Å². The highest BCUT2D eigenvalue weighted by Crippen LogP contribution is 2.17. The molecule has 4 nitrogen and oxygen atoms in total. The Morgan fingerprint density at radius 2 is 1.90 bits per heavy atom. The van der Waals surface area contributed by atoms with Crippen LogP contribution < -0.4 is 14.8 Å². The lowest BCUT2D eigenvalue weighted by Crippen LogP contribution is -2.20. The number of carbonyl (C=O) groups is 1. The van der Waals surface area contributed by atoms with Crippen LogP contribution in [-0.4, -0.2) is 19.6 Å². The van der Waals surface area contributed by atoms with E-state index >= 15 is 0 Å². The molecule has 0 aliphatic heterocycles. The van der Waals surface area contributed by atoms with Gasteiger partial charge < -0.3 is 14.8 Å². The molecule has 1 N–H and O–H groups in total. The maximum Gasteiger partial charge on any atom is 0.262 e.